The zero-order chi connectivity index (χ0) is 12.8. The lowest BCUT2D eigenvalue weighted by Gasteiger charge is -2.27. The van der Waals surface area contributed by atoms with Gasteiger partial charge in [-0.2, -0.15) is 0 Å². The van der Waals surface area contributed by atoms with Crippen LogP contribution in [0.1, 0.15) is 40.5 Å². The highest BCUT2D eigenvalue weighted by atomic mass is 16.5. The summed E-state index contributed by atoms with van der Waals surface area (Å²) in [6, 6.07) is -0.0426. The van der Waals surface area contributed by atoms with E-state index in [-0.39, 0.29) is 18.1 Å². The molecular formula is C13H26N2O2. The van der Waals surface area contributed by atoms with Gasteiger partial charge in [0.05, 0.1) is 12.2 Å². The first-order valence-electron chi connectivity index (χ1n) is 6.72. The SMILES string of the molecule is CCCOCCCN1C(=O)C(C)NC1C(C)C. The topological polar surface area (TPSA) is 41.6 Å². The van der Waals surface area contributed by atoms with Gasteiger partial charge in [0, 0.05) is 19.8 Å². The van der Waals surface area contributed by atoms with Crippen LogP contribution in [-0.2, 0) is 9.53 Å². The summed E-state index contributed by atoms with van der Waals surface area (Å²) in [4.78, 5) is 13.9. The average Bonchev–Trinajstić information content (AvgIpc) is 2.57. The van der Waals surface area contributed by atoms with E-state index in [9.17, 15) is 4.79 Å². The molecule has 17 heavy (non-hydrogen) atoms. The maximum atomic E-state index is 12.0. The summed E-state index contributed by atoms with van der Waals surface area (Å²) in [6.07, 6.45) is 2.16. The Labute approximate surface area is 105 Å². The standard InChI is InChI=1S/C13H26N2O2/c1-5-8-17-9-6-7-15-12(10(2)3)14-11(4)13(15)16/h10-12,14H,5-9H2,1-4H3. The van der Waals surface area contributed by atoms with E-state index >= 15 is 0 Å². The Hall–Kier alpha value is -0.610. The fraction of sp³-hybridized carbons (Fsp3) is 0.923. The van der Waals surface area contributed by atoms with Gasteiger partial charge in [0.25, 0.3) is 0 Å². The first kappa shape index (κ1) is 14.5. The first-order valence-corrected chi connectivity index (χ1v) is 6.72. The summed E-state index contributed by atoms with van der Waals surface area (Å²) in [5.74, 6) is 0.666. The van der Waals surface area contributed by atoms with Crippen LogP contribution in [0.15, 0.2) is 0 Å². The molecule has 1 aliphatic rings. The molecule has 4 nitrogen and oxygen atoms in total. The smallest absolute Gasteiger partial charge is 0.240 e. The number of hydrogen-bond acceptors (Lipinski definition) is 3. The summed E-state index contributed by atoms with van der Waals surface area (Å²) < 4.78 is 5.44. The van der Waals surface area contributed by atoms with Crippen LogP contribution in [0.4, 0.5) is 0 Å². The lowest BCUT2D eigenvalue weighted by Crippen LogP contribution is -2.42. The predicted molar refractivity (Wildman–Crippen MR) is 68.7 cm³/mol. The van der Waals surface area contributed by atoms with Crippen molar-refractivity contribution < 1.29 is 9.53 Å². The summed E-state index contributed by atoms with van der Waals surface area (Å²) in [5, 5.41) is 3.34. The predicted octanol–water partition coefficient (Wildman–Crippen LogP) is 1.61. The van der Waals surface area contributed by atoms with Crippen molar-refractivity contribution in [2.75, 3.05) is 19.8 Å². The molecule has 1 heterocycles. The number of carbonyl (C=O) groups is 1. The number of ether oxygens (including phenoxy) is 1. The third-order valence-corrected chi connectivity index (χ3v) is 3.08. The van der Waals surface area contributed by atoms with Gasteiger partial charge in [-0.25, -0.2) is 0 Å². The molecule has 0 aromatic rings. The van der Waals surface area contributed by atoms with E-state index in [0.717, 1.165) is 32.6 Å². The Bertz CT molecular complexity index is 244. The molecule has 0 aromatic carbocycles. The van der Waals surface area contributed by atoms with Gasteiger partial charge in [0.1, 0.15) is 0 Å². The van der Waals surface area contributed by atoms with Gasteiger partial charge in [0.2, 0.25) is 5.91 Å². The van der Waals surface area contributed by atoms with Crippen LogP contribution in [0.2, 0.25) is 0 Å². The second-order valence-corrected chi connectivity index (χ2v) is 5.07. The van der Waals surface area contributed by atoms with Crippen LogP contribution < -0.4 is 5.32 Å². The summed E-state index contributed by atoms with van der Waals surface area (Å²) in [5.41, 5.74) is 0. The van der Waals surface area contributed by atoms with E-state index in [4.69, 9.17) is 4.74 Å². The van der Waals surface area contributed by atoms with Crippen molar-refractivity contribution in [2.24, 2.45) is 5.92 Å². The van der Waals surface area contributed by atoms with Crippen molar-refractivity contribution in [3.8, 4) is 0 Å². The Balaban J connectivity index is 2.35. The molecule has 1 rings (SSSR count). The lowest BCUT2D eigenvalue weighted by atomic mass is 10.1. The molecular weight excluding hydrogens is 216 g/mol. The van der Waals surface area contributed by atoms with Gasteiger partial charge in [-0.15, -0.1) is 0 Å². The molecule has 1 N–H and O–H groups in total. The number of hydrogen-bond donors (Lipinski definition) is 1. The Morgan fingerprint density at radius 3 is 2.71 bits per heavy atom. The lowest BCUT2D eigenvalue weighted by molar-refractivity contribution is -0.130. The molecule has 0 radical (unpaired) electrons. The number of nitrogens with one attached hydrogen (secondary N) is 1. The zero-order valence-electron chi connectivity index (χ0n) is 11.5. The van der Waals surface area contributed by atoms with Crippen molar-refractivity contribution in [3.63, 3.8) is 0 Å². The van der Waals surface area contributed by atoms with Crippen molar-refractivity contribution in [1.29, 1.82) is 0 Å². The van der Waals surface area contributed by atoms with Crippen molar-refractivity contribution in [3.05, 3.63) is 0 Å². The minimum Gasteiger partial charge on any atom is -0.381 e. The zero-order valence-corrected chi connectivity index (χ0v) is 11.5. The Kier molecular flexibility index (Phi) is 5.92. The fourth-order valence-electron chi connectivity index (χ4n) is 2.19. The highest BCUT2D eigenvalue weighted by Gasteiger charge is 2.36. The molecule has 0 aromatic heterocycles. The molecule has 100 valence electrons. The van der Waals surface area contributed by atoms with E-state index in [1.54, 1.807) is 0 Å². The number of nitrogens with zero attached hydrogens (tertiary/aromatic N) is 1. The van der Waals surface area contributed by atoms with Crippen LogP contribution in [0.3, 0.4) is 0 Å². The van der Waals surface area contributed by atoms with Crippen LogP contribution in [0.5, 0.6) is 0 Å². The largest absolute Gasteiger partial charge is 0.381 e. The van der Waals surface area contributed by atoms with E-state index in [1.807, 2.05) is 11.8 Å². The van der Waals surface area contributed by atoms with E-state index < -0.39 is 0 Å². The van der Waals surface area contributed by atoms with E-state index in [1.165, 1.54) is 0 Å². The average molecular weight is 242 g/mol. The molecule has 1 aliphatic heterocycles. The Morgan fingerprint density at radius 2 is 2.12 bits per heavy atom. The number of rotatable bonds is 7. The number of amides is 1. The number of carbonyl (C=O) groups excluding carboxylic acids is 1. The molecule has 1 saturated heterocycles. The van der Waals surface area contributed by atoms with Crippen LogP contribution in [-0.4, -0.2) is 42.8 Å². The molecule has 0 aliphatic carbocycles. The van der Waals surface area contributed by atoms with Gasteiger partial charge < -0.3 is 9.64 Å². The molecule has 1 fully saturated rings. The first-order chi connectivity index (χ1) is 8.07. The van der Waals surface area contributed by atoms with Gasteiger partial charge in [-0.1, -0.05) is 20.8 Å². The fourth-order valence-corrected chi connectivity index (χ4v) is 2.19. The maximum Gasteiger partial charge on any atom is 0.240 e. The second-order valence-electron chi connectivity index (χ2n) is 5.07. The van der Waals surface area contributed by atoms with Gasteiger partial charge in [-0.3, -0.25) is 10.1 Å². The van der Waals surface area contributed by atoms with E-state index in [2.05, 4.69) is 26.1 Å². The highest BCUT2D eigenvalue weighted by molar-refractivity contribution is 5.83. The van der Waals surface area contributed by atoms with Crippen LogP contribution in [0.25, 0.3) is 0 Å². The van der Waals surface area contributed by atoms with Crippen LogP contribution >= 0.6 is 0 Å². The molecule has 0 saturated carbocycles. The summed E-state index contributed by atoms with van der Waals surface area (Å²) in [7, 11) is 0. The van der Waals surface area contributed by atoms with Gasteiger partial charge >= 0.3 is 0 Å². The van der Waals surface area contributed by atoms with Crippen molar-refractivity contribution in [2.45, 2.75) is 52.7 Å². The monoisotopic (exact) mass is 242 g/mol. The molecule has 2 atom stereocenters. The van der Waals surface area contributed by atoms with E-state index in [0.29, 0.717) is 5.92 Å². The molecule has 0 spiro atoms. The van der Waals surface area contributed by atoms with Gasteiger partial charge in [-0.05, 0) is 25.7 Å². The third kappa shape index (κ3) is 3.96. The van der Waals surface area contributed by atoms with Crippen molar-refractivity contribution in [1.82, 2.24) is 10.2 Å². The second kappa shape index (κ2) is 6.97. The highest BCUT2D eigenvalue weighted by Crippen LogP contribution is 2.17. The minimum atomic E-state index is -0.0426. The maximum absolute atomic E-state index is 12.0. The van der Waals surface area contributed by atoms with Crippen molar-refractivity contribution >= 4 is 5.91 Å². The molecule has 2 unspecified atom stereocenters. The minimum absolute atomic E-state index is 0.0426. The quantitative estimate of drug-likeness (QED) is 0.690. The van der Waals surface area contributed by atoms with Gasteiger partial charge in [0.15, 0.2) is 0 Å². The van der Waals surface area contributed by atoms with Crippen LogP contribution in [0, 0.1) is 5.92 Å². The summed E-state index contributed by atoms with van der Waals surface area (Å²) in [6.45, 7) is 10.7. The molecule has 4 heteroatoms. The third-order valence-electron chi connectivity index (χ3n) is 3.08. The normalized spacial score (nSPS) is 25.0. The Morgan fingerprint density at radius 1 is 1.41 bits per heavy atom. The molecule has 0 bridgehead atoms. The molecule has 1 amide bonds. The summed E-state index contributed by atoms with van der Waals surface area (Å²) >= 11 is 0.